The average molecular weight is 656 g/mol. The zero-order valence-electron chi connectivity index (χ0n) is 28.3. The van der Waals surface area contributed by atoms with Crippen LogP contribution in [0.4, 0.5) is 5.69 Å². The van der Waals surface area contributed by atoms with Gasteiger partial charge in [-0.2, -0.15) is 0 Å². The Morgan fingerprint density at radius 1 is 0.809 bits per heavy atom. The molecule has 0 saturated carbocycles. The average Bonchev–Trinajstić information content (AvgIpc) is 3.01. The minimum Gasteiger partial charge on any atom is -0.497 e. The van der Waals surface area contributed by atoms with E-state index in [1.807, 2.05) is 102 Å². The van der Waals surface area contributed by atoms with Crippen LogP contribution in [-0.4, -0.2) is 50.4 Å². The van der Waals surface area contributed by atoms with Gasteiger partial charge in [-0.25, -0.2) is 8.42 Å². The van der Waals surface area contributed by atoms with Crippen molar-refractivity contribution < 1.29 is 22.7 Å². The molecule has 0 aliphatic rings. The lowest BCUT2D eigenvalue weighted by Gasteiger charge is -2.35. The number of amides is 2. The second-order valence-electron chi connectivity index (χ2n) is 12.9. The Kier molecular flexibility index (Phi) is 11.1. The maximum Gasteiger partial charge on any atom is 0.264 e. The summed E-state index contributed by atoms with van der Waals surface area (Å²) in [5, 5.41) is 3.06. The lowest BCUT2D eigenvalue weighted by atomic mass is 10.0. The van der Waals surface area contributed by atoms with Gasteiger partial charge >= 0.3 is 0 Å². The molecule has 0 bridgehead atoms. The predicted molar refractivity (Wildman–Crippen MR) is 187 cm³/mol. The number of rotatable bonds is 12. The summed E-state index contributed by atoms with van der Waals surface area (Å²) in [6.45, 7) is 10.8. The van der Waals surface area contributed by atoms with E-state index in [1.54, 1.807) is 43.5 Å². The Balaban J connectivity index is 1.85. The van der Waals surface area contributed by atoms with Crippen LogP contribution in [0.5, 0.6) is 5.75 Å². The third-order valence-corrected chi connectivity index (χ3v) is 9.54. The van der Waals surface area contributed by atoms with Gasteiger partial charge in [0.1, 0.15) is 18.3 Å². The summed E-state index contributed by atoms with van der Waals surface area (Å²) in [7, 11) is -2.62. The number of hydrogen-bond acceptors (Lipinski definition) is 5. The molecule has 0 aliphatic heterocycles. The van der Waals surface area contributed by atoms with Gasteiger partial charge in [0.2, 0.25) is 11.8 Å². The molecule has 0 aromatic heterocycles. The number of anilines is 1. The van der Waals surface area contributed by atoms with Crippen molar-refractivity contribution in [3.63, 3.8) is 0 Å². The molecule has 1 N–H and O–H groups in total. The van der Waals surface area contributed by atoms with Crippen molar-refractivity contribution in [2.75, 3.05) is 18.0 Å². The number of aryl methyl sites for hydroxylation is 3. The number of sulfonamides is 1. The highest BCUT2D eigenvalue weighted by molar-refractivity contribution is 7.92. The minimum atomic E-state index is -4.19. The second-order valence-corrected chi connectivity index (χ2v) is 14.8. The predicted octanol–water partition coefficient (Wildman–Crippen LogP) is 6.37. The van der Waals surface area contributed by atoms with Crippen molar-refractivity contribution in [3.05, 3.63) is 125 Å². The van der Waals surface area contributed by atoms with E-state index >= 15 is 0 Å². The first kappa shape index (κ1) is 35.2. The standard InChI is InChI=1S/C38H45N3O5S/c1-27-16-19-33(20-17-27)47(44,45)41(34-21-18-28(2)22-29(34)3)26-36(42)40(25-31-14-11-15-32(23-31)46-7)35(37(43)39-38(4,5)6)24-30-12-9-8-10-13-30/h8-23,35H,24-26H2,1-7H3,(H,39,43). The Morgan fingerprint density at radius 3 is 2.06 bits per heavy atom. The molecule has 4 aromatic rings. The fourth-order valence-corrected chi connectivity index (χ4v) is 6.89. The van der Waals surface area contributed by atoms with Crippen LogP contribution in [0.1, 0.15) is 48.6 Å². The number of carbonyl (C=O) groups excluding carboxylic acids is 2. The highest BCUT2D eigenvalue weighted by Gasteiger charge is 2.36. The van der Waals surface area contributed by atoms with Gasteiger partial charge in [0.25, 0.3) is 10.0 Å². The van der Waals surface area contributed by atoms with E-state index in [-0.39, 0.29) is 23.8 Å². The Morgan fingerprint density at radius 2 is 1.45 bits per heavy atom. The van der Waals surface area contributed by atoms with Crippen LogP contribution in [0.25, 0.3) is 0 Å². The Hall–Kier alpha value is -4.63. The first-order chi connectivity index (χ1) is 22.2. The number of nitrogens with zero attached hydrogens (tertiary/aromatic N) is 2. The molecule has 8 nitrogen and oxygen atoms in total. The molecule has 0 spiro atoms. The van der Waals surface area contributed by atoms with E-state index < -0.39 is 34.1 Å². The van der Waals surface area contributed by atoms with Gasteiger partial charge in [0.15, 0.2) is 0 Å². The first-order valence-corrected chi connectivity index (χ1v) is 17.1. The van der Waals surface area contributed by atoms with Crippen molar-refractivity contribution in [2.45, 2.75) is 71.0 Å². The summed E-state index contributed by atoms with van der Waals surface area (Å²) >= 11 is 0. The number of nitrogens with one attached hydrogen (secondary N) is 1. The molecular formula is C38H45N3O5S. The van der Waals surface area contributed by atoms with E-state index in [1.165, 1.54) is 4.90 Å². The van der Waals surface area contributed by atoms with Crippen LogP contribution < -0.4 is 14.4 Å². The van der Waals surface area contributed by atoms with E-state index in [4.69, 9.17) is 4.74 Å². The second kappa shape index (κ2) is 14.9. The van der Waals surface area contributed by atoms with Gasteiger partial charge in [-0.3, -0.25) is 13.9 Å². The molecule has 47 heavy (non-hydrogen) atoms. The normalized spacial score (nSPS) is 12.2. The molecule has 9 heteroatoms. The molecule has 1 unspecified atom stereocenters. The monoisotopic (exact) mass is 655 g/mol. The van der Waals surface area contributed by atoms with Crippen LogP contribution in [0, 0.1) is 20.8 Å². The van der Waals surface area contributed by atoms with E-state index in [0.717, 1.165) is 26.6 Å². The molecule has 248 valence electrons. The Labute approximate surface area is 279 Å². The highest BCUT2D eigenvalue weighted by atomic mass is 32.2. The minimum absolute atomic E-state index is 0.0520. The third-order valence-electron chi connectivity index (χ3n) is 7.77. The molecule has 0 saturated heterocycles. The molecule has 0 radical (unpaired) electrons. The largest absolute Gasteiger partial charge is 0.497 e. The number of hydrogen-bond donors (Lipinski definition) is 1. The van der Waals surface area contributed by atoms with Crippen molar-refractivity contribution in [1.29, 1.82) is 0 Å². The topological polar surface area (TPSA) is 96.0 Å². The molecular weight excluding hydrogens is 611 g/mol. The number of ether oxygens (including phenoxy) is 1. The molecule has 4 aromatic carbocycles. The number of carbonyl (C=O) groups is 2. The fourth-order valence-electron chi connectivity index (χ4n) is 5.41. The smallest absolute Gasteiger partial charge is 0.264 e. The van der Waals surface area contributed by atoms with Crippen molar-refractivity contribution >= 4 is 27.5 Å². The summed E-state index contributed by atoms with van der Waals surface area (Å²) in [5.41, 5.74) is 4.00. The zero-order valence-corrected chi connectivity index (χ0v) is 29.1. The number of methoxy groups -OCH3 is 1. The van der Waals surface area contributed by atoms with Crippen LogP contribution in [0.3, 0.4) is 0 Å². The quantitative estimate of drug-likeness (QED) is 0.191. The lowest BCUT2D eigenvalue weighted by molar-refractivity contribution is -0.140. The van der Waals surface area contributed by atoms with Gasteiger partial charge in [0.05, 0.1) is 17.7 Å². The molecule has 4 rings (SSSR count). The molecule has 1 atom stereocenters. The maximum atomic E-state index is 14.7. The van der Waals surface area contributed by atoms with Crippen LogP contribution >= 0.6 is 0 Å². The van der Waals surface area contributed by atoms with Gasteiger partial charge in [-0.05, 0) is 88.6 Å². The van der Waals surface area contributed by atoms with Crippen LogP contribution in [-0.2, 0) is 32.6 Å². The van der Waals surface area contributed by atoms with Gasteiger partial charge in [0, 0.05) is 18.5 Å². The van der Waals surface area contributed by atoms with Crippen LogP contribution in [0.2, 0.25) is 0 Å². The van der Waals surface area contributed by atoms with E-state index in [2.05, 4.69) is 5.32 Å². The van der Waals surface area contributed by atoms with Gasteiger partial charge in [-0.1, -0.05) is 77.9 Å². The molecule has 0 fully saturated rings. The summed E-state index contributed by atoms with van der Waals surface area (Å²) in [4.78, 5) is 30.3. The SMILES string of the molecule is COc1cccc(CN(C(=O)CN(c2ccc(C)cc2C)S(=O)(=O)c2ccc(C)cc2)C(Cc2ccccc2)C(=O)NC(C)(C)C)c1. The molecule has 0 heterocycles. The van der Waals surface area contributed by atoms with Gasteiger partial charge < -0.3 is 15.0 Å². The number of benzene rings is 4. The van der Waals surface area contributed by atoms with E-state index in [0.29, 0.717) is 17.0 Å². The third kappa shape index (κ3) is 9.23. The van der Waals surface area contributed by atoms with E-state index in [9.17, 15) is 18.0 Å². The summed E-state index contributed by atoms with van der Waals surface area (Å²) in [5.74, 6) is -0.252. The van der Waals surface area contributed by atoms with Gasteiger partial charge in [-0.15, -0.1) is 0 Å². The summed E-state index contributed by atoms with van der Waals surface area (Å²) < 4.78 is 35.3. The van der Waals surface area contributed by atoms with Crippen LogP contribution in [0.15, 0.2) is 102 Å². The van der Waals surface area contributed by atoms with Crippen molar-refractivity contribution in [3.8, 4) is 5.75 Å². The maximum absolute atomic E-state index is 14.7. The highest BCUT2D eigenvalue weighted by Crippen LogP contribution is 2.29. The summed E-state index contributed by atoms with van der Waals surface area (Å²) in [6, 6.07) is 27.8. The first-order valence-electron chi connectivity index (χ1n) is 15.6. The van der Waals surface area contributed by atoms with Crippen molar-refractivity contribution in [2.24, 2.45) is 0 Å². The Bertz CT molecular complexity index is 1800. The fraction of sp³-hybridized carbons (Fsp3) is 0.316. The summed E-state index contributed by atoms with van der Waals surface area (Å²) in [6.07, 6.45) is 0.229. The molecule has 0 aliphatic carbocycles. The van der Waals surface area contributed by atoms with Crippen molar-refractivity contribution in [1.82, 2.24) is 10.2 Å². The lowest BCUT2D eigenvalue weighted by Crippen LogP contribution is -2.56. The zero-order chi connectivity index (χ0) is 34.4. The molecule has 2 amide bonds.